The molecule has 0 spiro atoms. The summed E-state index contributed by atoms with van der Waals surface area (Å²) in [5, 5.41) is 14.1. The van der Waals surface area contributed by atoms with Crippen molar-refractivity contribution in [1.82, 2.24) is 5.32 Å². The van der Waals surface area contributed by atoms with Gasteiger partial charge in [0.25, 0.3) is 0 Å². The summed E-state index contributed by atoms with van der Waals surface area (Å²) >= 11 is 0. The average molecular weight is 223 g/mol. The van der Waals surface area contributed by atoms with Gasteiger partial charge in [0.05, 0.1) is 5.60 Å². The Labute approximate surface area is 99.1 Å². The molecule has 0 aromatic rings. The monoisotopic (exact) mass is 223 g/mol. The molecule has 1 fully saturated rings. The van der Waals surface area contributed by atoms with Crippen molar-refractivity contribution in [2.24, 2.45) is 0 Å². The van der Waals surface area contributed by atoms with E-state index in [4.69, 9.17) is 0 Å². The van der Waals surface area contributed by atoms with Crippen LogP contribution in [0.3, 0.4) is 0 Å². The van der Waals surface area contributed by atoms with Crippen LogP contribution >= 0.6 is 0 Å². The normalized spacial score (nSPS) is 29.9. The van der Waals surface area contributed by atoms with E-state index >= 15 is 0 Å². The minimum Gasteiger partial charge on any atom is -0.389 e. The zero-order chi connectivity index (χ0) is 11.3. The van der Waals surface area contributed by atoms with E-state index in [-0.39, 0.29) is 0 Å². The highest BCUT2D eigenvalue weighted by atomic mass is 16.3. The molecule has 2 rings (SSSR count). The third kappa shape index (κ3) is 3.60. The number of hydrogen-bond donors (Lipinski definition) is 2. The first kappa shape index (κ1) is 12.1. The van der Waals surface area contributed by atoms with Gasteiger partial charge in [0.15, 0.2) is 0 Å². The average Bonchev–Trinajstić information content (AvgIpc) is 2.54. The molecule has 16 heavy (non-hydrogen) atoms. The van der Waals surface area contributed by atoms with Gasteiger partial charge in [0.1, 0.15) is 0 Å². The van der Waals surface area contributed by atoms with E-state index in [1.807, 2.05) is 0 Å². The molecule has 2 heteroatoms. The predicted octanol–water partition coefficient (Wildman–Crippen LogP) is 2.77. The van der Waals surface area contributed by atoms with Crippen LogP contribution in [0, 0.1) is 0 Å². The maximum atomic E-state index is 10.5. The predicted molar refractivity (Wildman–Crippen MR) is 67.4 cm³/mol. The smallest absolute Gasteiger partial charge is 0.0771 e. The molecule has 0 bridgehead atoms. The Balaban J connectivity index is 1.76. The van der Waals surface area contributed by atoms with Gasteiger partial charge < -0.3 is 10.4 Å². The fraction of sp³-hybridized carbons (Fsp3) is 0.857. The van der Waals surface area contributed by atoms with Gasteiger partial charge in [-0.25, -0.2) is 0 Å². The molecule has 1 saturated carbocycles. The van der Waals surface area contributed by atoms with Gasteiger partial charge in [-0.3, -0.25) is 0 Å². The summed E-state index contributed by atoms with van der Waals surface area (Å²) in [7, 11) is 0. The van der Waals surface area contributed by atoms with Crippen LogP contribution in [0.1, 0.15) is 57.8 Å². The molecule has 2 nitrogen and oxygen atoms in total. The van der Waals surface area contributed by atoms with Crippen LogP contribution in [0.4, 0.5) is 0 Å². The highest BCUT2D eigenvalue weighted by Crippen LogP contribution is 2.26. The lowest BCUT2D eigenvalue weighted by molar-refractivity contribution is 0.0224. The number of aliphatic hydroxyl groups is 1. The van der Waals surface area contributed by atoms with E-state index in [1.165, 1.54) is 38.5 Å². The highest BCUT2D eigenvalue weighted by molar-refractivity contribution is 4.94. The number of allylic oxidation sites excluding steroid dienone is 1. The van der Waals surface area contributed by atoms with Crippen molar-refractivity contribution in [1.29, 1.82) is 0 Å². The largest absolute Gasteiger partial charge is 0.389 e. The van der Waals surface area contributed by atoms with E-state index in [0.717, 1.165) is 25.8 Å². The summed E-state index contributed by atoms with van der Waals surface area (Å²) in [6.07, 6.45) is 15.1. The Hall–Kier alpha value is -0.340. The third-order valence-corrected chi connectivity index (χ3v) is 4.02. The van der Waals surface area contributed by atoms with Crippen LogP contribution in [0.25, 0.3) is 0 Å². The summed E-state index contributed by atoms with van der Waals surface area (Å²) in [4.78, 5) is 0. The molecule has 0 aromatic carbocycles. The molecule has 2 N–H and O–H groups in total. The van der Waals surface area contributed by atoms with E-state index in [9.17, 15) is 5.11 Å². The van der Waals surface area contributed by atoms with E-state index in [1.54, 1.807) is 0 Å². The maximum absolute atomic E-state index is 10.5. The molecule has 2 aliphatic rings. The summed E-state index contributed by atoms with van der Waals surface area (Å²) < 4.78 is 0. The Bertz CT molecular complexity index is 229. The van der Waals surface area contributed by atoms with Crippen molar-refractivity contribution in [3.05, 3.63) is 12.2 Å². The van der Waals surface area contributed by atoms with E-state index < -0.39 is 5.60 Å². The minimum absolute atomic E-state index is 0.419. The molecule has 0 aromatic heterocycles. The molecule has 0 amide bonds. The van der Waals surface area contributed by atoms with Crippen molar-refractivity contribution in [3.8, 4) is 0 Å². The molecule has 0 heterocycles. The number of hydrogen-bond acceptors (Lipinski definition) is 2. The Morgan fingerprint density at radius 1 is 1.12 bits per heavy atom. The third-order valence-electron chi connectivity index (χ3n) is 4.02. The van der Waals surface area contributed by atoms with Gasteiger partial charge in [-0.2, -0.15) is 0 Å². The van der Waals surface area contributed by atoms with Crippen LogP contribution in [0.15, 0.2) is 12.2 Å². The topological polar surface area (TPSA) is 32.3 Å². The second-order valence-electron chi connectivity index (χ2n) is 5.50. The van der Waals surface area contributed by atoms with Gasteiger partial charge in [0, 0.05) is 12.6 Å². The molecule has 1 unspecified atom stereocenters. The first-order valence-electron chi connectivity index (χ1n) is 6.89. The molecule has 2 aliphatic carbocycles. The highest BCUT2D eigenvalue weighted by Gasteiger charge is 2.28. The number of nitrogens with one attached hydrogen (secondary N) is 1. The molecule has 0 aliphatic heterocycles. The van der Waals surface area contributed by atoms with Crippen LogP contribution in [-0.4, -0.2) is 23.3 Å². The van der Waals surface area contributed by atoms with Gasteiger partial charge in [0.2, 0.25) is 0 Å². The van der Waals surface area contributed by atoms with Crippen LogP contribution in [-0.2, 0) is 0 Å². The SMILES string of the molecule is OC1(CNC2CC=CCC2)CCCCCC1. The maximum Gasteiger partial charge on any atom is 0.0771 e. The summed E-state index contributed by atoms with van der Waals surface area (Å²) in [5.74, 6) is 0. The van der Waals surface area contributed by atoms with E-state index in [0.29, 0.717) is 6.04 Å². The molecular weight excluding hydrogens is 198 g/mol. The lowest BCUT2D eigenvalue weighted by Crippen LogP contribution is -2.44. The van der Waals surface area contributed by atoms with Gasteiger partial charge >= 0.3 is 0 Å². The molecular formula is C14H25NO. The van der Waals surface area contributed by atoms with Crippen molar-refractivity contribution in [2.75, 3.05) is 6.54 Å². The summed E-state index contributed by atoms with van der Waals surface area (Å²) in [5.41, 5.74) is -0.419. The Morgan fingerprint density at radius 2 is 1.88 bits per heavy atom. The zero-order valence-electron chi connectivity index (χ0n) is 10.3. The van der Waals surface area contributed by atoms with E-state index in [2.05, 4.69) is 17.5 Å². The molecule has 92 valence electrons. The van der Waals surface area contributed by atoms with Crippen molar-refractivity contribution >= 4 is 0 Å². The van der Waals surface area contributed by atoms with Crippen LogP contribution in [0.5, 0.6) is 0 Å². The van der Waals surface area contributed by atoms with Crippen molar-refractivity contribution in [3.63, 3.8) is 0 Å². The molecule has 0 saturated heterocycles. The zero-order valence-corrected chi connectivity index (χ0v) is 10.3. The standard InChI is InChI=1S/C14H25NO/c16-14(10-6-1-2-7-11-14)12-15-13-8-4-3-5-9-13/h3-4,13,15-16H,1-2,5-12H2. The van der Waals surface area contributed by atoms with Crippen molar-refractivity contribution in [2.45, 2.75) is 69.4 Å². The first-order chi connectivity index (χ1) is 7.79. The van der Waals surface area contributed by atoms with Crippen LogP contribution in [0.2, 0.25) is 0 Å². The minimum atomic E-state index is -0.419. The quantitative estimate of drug-likeness (QED) is 0.569. The second kappa shape index (κ2) is 5.83. The van der Waals surface area contributed by atoms with Gasteiger partial charge in [-0.15, -0.1) is 0 Å². The fourth-order valence-electron chi connectivity index (χ4n) is 2.88. The van der Waals surface area contributed by atoms with Crippen molar-refractivity contribution < 1.29 is 5.11 Å². The lowest BCUT2D eigenvalue weighted by atomic mass is 9.93. The van der Waals surface area contributed by atoms with Gasteiger partial charge in [-0.05, 0) is 32.1 Å². The first-order valence-corrected chi connectivity index (χ1v) is 6.89. The Kier molecular flexibility index (Phi) is 4.42. The van der Waals surface area contributed by atoms with Crippen LogP contribution < -0.4 is 5.32 Å². The number of rotatable bonds is 3. The Morgan fingerprint density at radius 3 is 2.50 bits per heavy atom. The second-order valence-corrected chi connectivity index (χ2v) is 5.50. The molecule has 0 radical (unpaired) electrons. The molecule has 1 atom stereocenters. The summed E-state index contributed by atoms with van der Waals surface area (Å²) in [6, 6.07) is 0.595. The summed E-state index contributed by atoms with van der Waals surface area (Å²) in [6.45, 7) is 0.797. The lowest BCUT2D eigenvalue weighted by Gasteiger charge is -2.30. The van der Waals surface area contributed by atoms with Gasteiger partial charge in [-0.1, -0.05) is 37.8 Å². The fourth-order valence-corrected chi connectivity index (χ4v) is 2.88.